The summed E-state index contributed by atoms with van der Waals surface area (Å²) in [6.07, 6.45) is 3.63. The Balaban J connectivity index is 1.60. The summed E-state index contributed by atoms with van der Waals surface area (Å²) < 4.78 is 24.4. The number of carbonyl (C=O) groups is 1. The molecule has 128 valence electrons. The van der Waals surface area contributed by atoms with E-state index in [1.165, 1.54) is 16.1 Å². The summed E-state index contributed by atoms with van der Waals surface area (Å²) in [5.41, 5.74) is 1.20. The highest BCUT2D eigenvalue weighted by atomic mass is 32.2. The molecule has 0 spiro atoms. The number of hydrogen-bond acceptors (Lipinski definition) is 3. The third-order valence-electron chi connectivity index (χ3n) is 4.14. The van der Waals surface area contributed by atoms with Crippen molar-refractivity contribution in [3.05, 3.63) is 35.9 Å². The molecule has 1 aliphatic heterocycles. The van der Waals surface area contributed by atoms with Gasteiger partial charge in [-0.25, -0.2) is 17.5 Å². The topological polar surface area (TPSA) is 78.5 Å². The largest absolute Gasteiger partial charge is 0.338 e. The summed E-state index contributed by atoms with van der Waals surface area (Å²) >= 11 is 0. The Bertz CT molecular complexity index is 596. The van der Waals surface area contributed by atoms with Crippen LogP contribution in [0.5, 0.6) is 0 Å². The van der Waals surface area contributed by atoms with E-state index in [2.05, 4.69) is 10.6 Å². The molecular formula is C16H25N3O3S. The average Bonchev–Trinajstić information content (AvgIpc) is 2.53. The molecule has 6 nitrogen and oxygen atoms in total. The van der Waals surface area contributed by atoms with Gasteiger partial charge in [0.25, 0.3) is 0 Å². The average molecular weight is 339 g/mol. The summed E-state index contributed by atoms with van der Waals surface area (Å²) in [6, 6.07) is 9.85. The highest BCUT2D eigenvalue weighted by Crippen LogP contribution is 2.18. The third-order valence-corrected chi connectivity index (χ3v) is 5.44. The molecule has 23 heavy (non-hydrogen) atoms. The van der Waals surface area contributed by atoms with Crippen molar-refractivity contribution in [3.8, 4) is 0 Å². The maximum absolute atomic E-state index is 11.8. The standard InChI is InChI=1S/C16H25N3O3S/c1-23(21,22)19-11-8-15(9-12-19)13-18-16(20)17-10-7-14-5-3-2-4-6-14/h2-6,15H,7-13H2,1H3,(H2,17,18,20). The van der Waals surface area contributed by atoms with Gasteiger partial charge in [0.1, 0.15) is 0 Å². The van der Waals surface area contributed by atoms with Crippen molar-refractivity contribution in [2.45, 2.75) is 19.3 Å². The van der Waals surface area contributed by atoms with Gasteiger partial charge in [0.2, 0.25) is 10.0 Å². The molecule has 1 saturated heterocycles. The summed E-state index contributed by atoms with van der Waals surface area (Å²) in [7, 11) is -3.09. The molecule has 1 heterocycles. The number of sulfonamides is 1. The van der Waals surface area contributed by atoms with Crippen LogP contribution in [0.2, 0.25) is 0 Å². The number of urea groups is 1. The minimum Gasteiger partial charge on any atom is -0.338 e. The van der Waals surface area contributed by atoms with E-state index in [1.54, 1.807) is 0 Å². The second kappa shape index (κ2) is 8.31. The molecule has 0 radical (unpaired) electrons. The molecule has 0 atom stereocenters. The van der Waals surface area contributed by atoms with Crippen LogP contribution in [-0.2, 0) is 16.4 Å². The summed E-state index contributed by atoms with van der Waals surface area (Å²) in [4.78, 5) is 11.8. The number of nitrogens with zero attached hydrogens (tertiary/aromatic N) is 1. The molecule has 0 aliphatic carbocycles. The molecule has 7 heteroatoms. The van der Waals surface area contributed by atoms with Crippen LogP contribution in [0.1, 0.15) is 18.4 Å². The molecule has 1 aliphatic rings. The second-order valence-corrected chi connectivity index (χ2v) is 7.96. The molecule has 2 N–H and O–H groups in total. The molecule has 0 unspecified atom stereocenters. The predicted molar refractivity (Wildman–Crippen MR) is 90.7 cm³/mol. The molecule has 0 bridgehead atoms. The highest BCUT2D eigenvalue weighted by Gasteiger charge is 2.24. The van der Waals surface area contributed by atoms with E-state index in [-0.39, 0.29) is 6.03 Å². The van der Waals surface area contributed by atoms with Crippen LogP contribution < -0.4 is 10.6 Å². The van der Waals surface area contributed by atoms with Gasteiger partial charge >= 0.3 is 6.03 Å². The van der Waals surface area contributed by atoms with Gasteiger partial charge in [-0.3, -0.25) is 0 Å². The van der Waals surface area contributed by atoms with Crippen molar-refractivity contribution in [1.82, 2.24) is 14.9 Å². The van der Waals surface area contributed by atoms with E-state index in [1.807, 2.05) is 30.3 Å². The second-order valence-electron chi connectivity index (χ2n) is 5.98. The molecular weight excluding hydrogens is 314 g/mol. The Morgan fingerprint density at radius 1 is 1.17 bits per heavy atom. The molecule has 0 aromatic heterocycles. The fraction of sp³-hybridized carbons (Fsp3) is 0.562. The van der Waals surface area contributed by atoms with E-state index < -0.39 is 10.0 Å². The first-order valence-electron chi connectivity index (χ1n) is 7.96. The Kier molecular flexibility index (Phi) is 6.41. The number of rotatable bonds is 6. The van der Waals surface area contributed by atoms with E-state index in [9.17, 15) is 13.2 Å². The summed E-state index contributed by atoms with van der Waals surface area (Å²) in [5, 5.41) is 5.72. The van der Waals surface area contributed by atoms with Crippen LogP contribution in [-0.4, -0.2) is 51.2 Å². The number of carbonyl (C=O) groups excluding carboxylic acids is 1. The zero-order valence-corrected chi connectivity index (χ0v) is 14.3. The van der Waals surface area contributed by atoms with Gasteiger partial charge in [-0.05, 0) is 30.7 Å². The van der Waals surface area contributed by atoms with Gasteiger partial charge in [-0.15, -0.1) is 0 Å². The number of piperidine rings is 1. The lowest BCUT2D eigenvalue weighted by Crippen LogP contribution is -2.43. The van der Waals surface area contributed by atoms with E-state index in [0.717, 1.165) is 19.3 Å². The molecule has 1 aromatic rings. The van der Waals surface area contributed by atoms with E-state index in [0.29, 0.717) is 32.1 Å². The number of amides is 2. The maximum Gasteiger partial charge on any atom is 0.314 e. The summed E-state index contributed by atoms with van der Waals surface area (Å²) in [6.45, 7) is 2.28. The Morgan fingerprint density at radius 3 is 2.43 bits per heavy atom. The first kappa shape index (κ1) is 17.7. The van der Waals surface area contributed by atoms with Gasteiger partial charge in [0.05, 0.1) is 6.26 Å². The number of hydrogen-bond donors (Lipinski definition) is 2. The lowest BCUT2D eigenvalue weighted by molar-refractivity contribution is 0.231. The smallest absolute Gasteiger partial charge is 0.314 e. The van der Waals surface area contributed by atoms with Crippen LogP contribution in [0.4, 0.5) is 4.79 Å². The van der Waals surface area contributed by atoms with Crippen molar-refractivity contribution in [1.29, 1.82) is 0 Å². The van der Waals surface area contributed by atoms with E-state index >= 15 is 0 Å². The molecule has 1 fully saturated rings. The quantitative estimate of drug-likeness (QED) is 0.817. The lowest BCUT2D eigenvalue weighted by Gasteiger charge is -2.30. The van der Waals surface area contributed by atoms with Gasteiger partial charge in [-0.1, -0.05) is 30.3 Å². The fourth-order valence-corrected chi connectivity index (χ4v) is 3.58. The fourth-order valence-electron chi connectivity index (χ4n) is 2.71. The van der Waals surface area contributed by atoms with E-state index in [4.69, 9.17) is 0 Å². The first-order chi connectivity index (χ1) is 10.9. The zero-order chi connectivity index (χ0) is 16.7. The highest BCUT2D eigenvalue weighted by molar-refractivity contribution is 7.88. The minimum atomic E-state index is -3.09. The van der Waals surface area contributed by atoms with Crippen molar-refractivity contribution >= 4 is 16.1 Å². The monoisotopic (exact) mass is 339 g/mol. The Morgan fingerprint density at radius 2 is 1.83 bits per heavy atom. The molecule has 2 rings (SSSR count). The summed E-state index contributed by atoms with van der Waals surface area (Å²) in [5.74, 6) is 0.341. The van der Waals surface area contributed by atoms with Gasteiger partial charge in [0.15, 0.2) is 0 Å². The van der Waals surface area contributed by atoms with Gasteiger partial charge < -0.3 is 10.6 Å². The number of benzene rings is 1. The Labute approximate surface area is 138 Å². The van der Waals surface area contributed by atoms with Crippen LogP contribution in [0.15, 0.2) is 30.3 Å². The lowest BCUT2D eigenvalue weighted by atomic mass is 9.98. The van der Waals surface area contributed by atoms with Gasteiger partial charge in [0, 0.05) is 26.2 Å². The van der Waals surface area contributed by atoms with Gasteiger partial charge in [-0.2, -0.15) is 0 Å². The van der Waals surface area contributed by atoms with Crippen molar-refractivity contribution in [2.75, 3.05) is 32.4 Å². The Hall–Kier alpha value is -1.60. The predicted octanol–water partition coefficient (Wildman–Crippen LogP) is 1.20. The molecule has 1 aromatic carbocycles. The number of nitrogens with one attached hydrogen (secondary N) is 2. The SMILES string of the molecule is CS(=O)(=O)N1CCC(CNC(=O)NCCc2ccccc2)CC1. The van der Waals surface area contributed by atoms with Crippen LogP contribution >= 0.6 is 0 Å². The normalized spacial score (nSPS) is 16.9. The van der Waals surface area contributed by atoms with Crippen LogP contribution in [0, 0.1) is 5.92 Å². The van der Waals surface area contributed by atoms with Crippen LogP contribution in [0.25, 0.3) is 0 Å². The maximum atomic E-state index is 11.8. The molecule has 0 saturated carbocycles. The third kappa shape index (κ3) is 6.19. The first-order valence-corrected chi connectivity index (χ1v) is 9.81. The van der Waals surface area contributed by atoms with Crippen molar-refractivity contribution in [3.63, 3.8) is 0 Å². The molecule has 2 amide bonds. The van der Waals surface area contributed by atoms with Crippen molar-refractivity contribution in [2.24, 2.45) is 5.92 Å². The minimum absolute atomic E-state index is 0.161. The van der Waals surface area contributed by atoms with Crippen LogP contribution in [0.3, 0.4) is 0 Å². The zero-order valence-electron chi connectivity index (χ0n) is 13.5. The van der Waals surface area contributed by atoms with Crippen molar-refractivity contribution < 1.29 is 13.2 Å².